The van der Waals surface area contributed by atoms with Crippen molar-refractivity contribution < 1.29 is 5.21 Å². The maximum Gasteiger partial charge on any atom is 0.144 e. The predicted molar refractivity (Wildman–Crippen MR) is 91.4 cm³/mol. The first-order valence-corrected chi connectivity index (χ1v) is 8.12. The minimum Gasteiger partial charge on any atom is -0.409 e. The Hall–Kier alpha value is -0.750. The molecule has 0 heterocycles. The Balaban J connectivity index is 2.32. The summed E-state index contributed by atoms with van der Waals surface area (Å²) in [6.45, 7) is 4.87. The van der Waals surface area contributed by atoms with Gasteiger partial charge in [0.25, 0.3) is 0 Å². The van der Waals surface area contributed by atoms with E-state index in [9.17, 15) is 0 Å². The van der Waals surface area contributed by atoms with Gasteiger partial charge in [-0.05, 0) is 47.0 Å². The van der Waals surface area contributed by atoms with Crippen molar-refractivity contribution >= 4 is 43.4 Å². The van der Waals surface area contributed by atoms with E-state index < -0.39 is 0 Å². The third-order valence-corrected chi connectivity index (χ3v) is 4.43. The summed E-state index contributed by atoms with van der Waals surface area (Å²) in [6.07, 6.45) is 2.95. The number of hydrogen-bond acceptors (Lipinski definition) is 3. The molecule has 20 heavy (non-hydrogen) atoms. The van der Waals surface area contributed by atoms with Gasteiger partial charge in [-0.1, -0.05) is 41.4 Å². The van der Waals surface area contributed by atoms with Crippen LogP contribution in [-0.2, 0) is 0 Å². The van der Waals surface area contributed by atoms with Crippen LogP contribution in [0.15, 0.2) is 32.3 Å². The summed E-state index contributed by atoms with van der Waals surface area (Å²) in [5, 5.41) is 15.2. The molecule has 112 valence electrons. The Morgan fingerprint density at radius 3 is 2.65 bits per heavy atom. The molecule has 0 aliphatic heterocycles. The SMILES string of the molecule is CC(C)(CCCCNc1ccc(Br)cc1Br)/C(N)=N/O. The third kappa shape index (κ3) is 5.32. The van der Waals surface area contributed by atoms with Gasteiger partial charge in [-0.25, -0.2) is 0 Å². The van der Waals surface area contributed by atoms with E-state index in [2.05, 4.69) is 42.3 Å². The second kappa shape index (κ2) is 7.88. The molecule has 0 saturated heterocycles. The first kappa shape index (κ1) is 17.3. The van der Waals surface area contributed by atoms with Crippen molar-refractivity contribution in [3.05, 3.63) is 27.1 Å². The molecule has 0 aliphatic carbocycles. The summed E-state index contributed by atoms with van der Waals surface area (Å²) in [4.78, 5) is 0. The maximum absolute atomic E-state index is 8.72. The quantitative estimate of drug-likeness (QED) is 0.204. The molecule has 0 aromatic heterocycles. The Bertz CT molecular complexity index is 475. The highest BCUT2D eigenvalue weighted by Crippen LogP contribution is 2.27. The number of amidine groups is 1. The van der Waals surface area contributed by atoms with Crippen LogP contribution in [0, 0.1) is 5.41 Å². The number of benzene rings is 1. The zero-order chi connectivity index (χ0) is 15.2. The van der Waals surface area contributed by atoms with E-state index in [-0.39, 0.29) is 5.41 Å². The Kier molecular flexibility index (Phi) is 6.82. The van der Waals surface area contributed by atoms with E-state index in [1.54, 1.807) is 0 Å². The van der Waals surface area contributed by atoms with Gasteiger partial charge in [0.2, 0.25) is 0 Å². The number of nitrogens with two attached hydrogens (primary N) is 1. The van der Waals surface area contributed by atoms with E-state index in [1.807, 2.05) is 32.0 Å². The molecule has 0 spiro atoms. The van der Waals surface area contributed by atoms with Crippen molar-refractivity contribution in [3.8, 4) is 0 Å². The molecule has 1 aromatic carbocycles. The largest absolute Gasteiger partial charge is 0.409 e. The van der Waals surface area contributed by atoms with Crippen LogP contribution in [0.4, 0.5) is 5.69 Å². The molecule has 1 rings (SSSR count). The molecule has 0 unspecified atom stereocenters. The molecule has 0 saturated carbocycles. The predicted octanol–water partition coefficient (Wildman–Crippen LogP) is 4.57. The van der Waals surface area contributed by atoms with Crippen LogP contribution in [0.3, 0.4) is 0 Å². The lowest BCUT2D eigenvalue weighted by Crippen LogP contribution is -2.31. The molecule has 0 bridgehead atoms. The standard InChI is InChI=1S/C14H21Br2N3O/c1-14(2,13(17)19-20)7-3-4-8-18-12-6-5-10(15)9-11(12)16/h5-6,9,18,20H,3-4,7-8H2,1-2H3,(H2,17,19). The monoisotopic (exact) mass is 405 g/mol. The molecule has 4 nitrogen and oxygen atoms in total. The van der Waals surface area contributed by atoms with Gasteiger partial charge in [-0.15, -0.1) is 0 Å². The summed E-state index contributed by atoms with van der Waals surface area (Å²) in [6, 6.07) is 6.06. The van der Waals surface area contributed by atoms with E-state index in [0.29, 0.717) is 5.84 Å². The summed E-state index contributed by atoms with van der Waals surface area (Å²) in [7, 11) is 0. The van der Waals surface area contributed by atoms with Gasteiger partial charge in [0.05, 0.1) is 0 Å². The minimum absolute atomic E-state index is 0.257. The first-order chi connectivity index (χ1) is 9.36. The third-order valence-electron chi connectivity index (χ3n) is 3.28. The van der Waals surface area contributed by atoms with Gasteiger partial charge < -0.3 is 16.3 Å². The van der Waals surface area contributed by atoms with E-state index >= 15 is 0 Å². The molecule has 1 aromatic rings. The Morgan fingerprint density at radius 2 is 2.05 bits per heavy atom. The van der Waals surface area contributed by atoms with Gasteiger partial charge in [0, 0.05) is 26.6 Å². The van der Waals surface area contributed by atoms with Crippen molar-refractivity contribution in [1.82, 2.24) is 0 Å². The maximum atomic E-state index is 8.72. The highest BCUT2D eigenvalue weighted by molar-refractivity contribution is 9.11. The van der Waals surface area contributed by atoms with E-state index in [0.717, 1.165) is 40.4 Å². The lowest BCUT2D eigenvalue weighted by atomic mass is 9.86. The van der Waals surface area contributed by atoms with Crippen LogP contribution in [-0.4, -0.2) is 17.6 Å². The van der Waals surface area contributed by atoms with Crippen LogP contribution in [0.1, 0.15) is 33.1 Å². The van der Waals surface area contributed by atoms with E-state index in [1.165, 1.54) is 0 Å². The molecular weight excluding hydrogens is 386 g/mol. The summed E-state index contributed by atoms with van der Waals surface area (Å²) < 4.78 is 2.10. The molecule has 0 atom stereocenters. The van der Waals surface area contributed by atoms with Gasteiger partial charge >= 0.3 is 0 Å². The number of hydrogen-bond donors (Lipinski definition) is 3. The topological polar surface area (TPSA) is 70.6 Å². The number of anilines is 1. The highest BCUT2D eigenvalue weighted by atomic mass is 79.9. The normalized spacial score (nSPS) is 12.5. The van der Waals surface area contributed by atoms with Gasteiger partial charge in [-0.3, -0.25) is 0 Å². The fourth-order valence-corrected chi connectivity index (χ4v) is 3.00. The average Bonchev–Trinajstić information content (AvgIpc) is 2.39. The summed E-state index contributed by atoms with van der Waals surface area (Å²) >= 11 is 6.95. The molecular formula is C14H21Br2N3O. The smallest absolute Gasteiger partial charge is 0.144 e. The van der Waals surface area contributed by atoms with Crippen molar-refractivity contribution in [3.63, 3.8) is 0 Å². The summed E-state index contributed by atoms with van der Waals surface area (Å²) in [5.74, 6) is 0.293. The van der Waals surface area contributed by atoms with Crippen molar-refractivity contribution in [2.45, 2.75) is 33.1 Å². The second-order valence-electron chi connectivity index (χ2n) is 5.38. The second-order valence-corrected chi connectivity index (χ2v) is 7.15. The van der Waals surface area contributed by atoms with Crippen LogP contribution in [0.5, 0.6) is 0 Å². The molecule has 6 heteroatoms. The average molecular weight is 407 g/mol. The van der Waals surface area contributed by atoms with Crippen LogP contribution in [0.2, 0.25) is 0 Å². The van der Waals surface area contributed by atoms with E-state index in [4.69, 9.17) is 10.9 Å². The highest BCUT2D eigenvalue weighted by Gasteiger charge is 2.22. The number of halogens is 2. The van der Waals surface area contributed by atoms with Crippen molar-refractivity contribution in [2.24, 2.45) is 16.3 Å². The van der Waals surface area contributed by atoms with Crippen LogP contribution < -0.4 is 11.1 Å². The van der Waals surface area contributed by atoms with Crippen molar-refractivity contribution in [2.75, 3.05) is 11.9 Å². The number of nitrogens with zero attached hydrogens (tertiary/aromatic N) is 1. The summed E-state index contributed by atoms with van der Waals surface area (Å²) in [5.41, 5.74) is 6.49. The van der Waals surface area contributed by atoms with Crippen molar-refractivity contribution in [1.29, 1.82) is 0 Å². The number of oxime groups is 1. The first-order valence-electron chi connectivity index (χ1n) is 6.54. The molecule has 4 N–H and O–H groups in total. The fourth-order valence-electron chi connectivity index (χ4n) is 1.81. The Morgan fingerprint density at radius 1 is 1.35 bits per heavy atom. The van der Waals surface area contributed by atoms with Crippen LogP contribution in [0.25, 0.3) is 0 Å². The zero-order valence-electron chi connectivity index (χ0n) is 11.8. The molecule has 0 amide bonds. The number of nitrogens with one attached hydrogen (secondary N) is 1. The lowest BCUT2D eigenvalue weighted by molar-refractivity contribution is 0.304. The molecule has 0 radical (unpaired) electrons. The number of unbranched alkanes of at least 4 members (excludes halogenated alkanes) is 1. The molecule has 0 aliphatic rings. The Labute approximate surface area is 137 Å². The van der Waals surface area contributed by atoms with Crippen LogP contribution >= 0.6 is 31.9 Å². The van der Waals surface area contributed by atoms with Gasteiger partial charge in [0.1, 0.15) is 5.84 Å². The minimum atomic E-state index is -0.257. The zero-order valence-corrected chi connectivity index (χ0v) is 15.0. The fraction of sp³-hybridized carbons (Fsp3) is 0.500. The molecule has 0 fully saturated rings. The lowest BCUT2D eigenvalue weighted by Gasteiger charge is -2.22. The van der Waals surface area contributed by atoms with Gasteiger partial charge in [0.15, 0.2) is 0 Å². The number of rotatable bonds is 7. The van der Waals surface area contributed by atoms with Gasteiger partial charge in [-0.2, -0.15) is 0 Å².